The minimum atomic E-state index is -1.03. The van der Waals surface area contributed by atoms with Gasteiger partial charge >= 0.3 is 11.9 Å². The van der Waals surface area contributed by atoms with E-state index in [1.807, 2.05) is 30.3 Å². The Labute approximate surface area is 265 Å². The van der Waals surface area contributed by atoms with Crippen LogP contribution in [0.5, 0.6) is 11.5 Å². The number of carbonyl (C=O) groups is 2. The van der Waals surface area contributed by atoms with Gasteiger partial charge in [-0.15, -0.1) is 0 Å². The maximum absolute atomic E-state index is 14.2. The number of carboxylic acid groups (broad SMARTS) is 1. The van der Waals surface area contributed by atoms with E-state index in [-0.39, 0.29) is 30.1 Å². The van der Waals surface area contributed by atoms with Gasteiger partial charge in [-0.2, -0.15) is 0 Å². The fourth-order valence-corrected chi connectivity index (χ4v) is 6.66. The van der Waals surface area contributed by atoms with Crippen LogP contribution >= 0.6 is 11.3 Å². The molecule has 0 radical (unpaired) electrons. The Hall–Kier alpha value is -5.68. The lowest BCUT2D eigenvalue weighted by Crippen LogP contribution is -2.40. The predicted octanol–water partition coefficient (Wildman–Crippen LogP) is 4.93. The van der Waals surface area contributed by atoms with Crippen LogP contribution in [0.15, 0.2) is 98.6 Å². The largest absolute Gasteiger partial charge is 0.478 e. The standard InChI is InChI=1S/C35H26N2O8S/c1-3-42-34(41)29-30(20-8-5-4-6-9-20)36-35-37(31(29)21-12-14-26-27(16-21)44-18-43-26)32(38)28(46-35)17-22-13-15-25(45-22)23-10-7-11-24(19(23)2)33(39)40/h4-17,31H,3,18H2,1-2H3,(H,39,40)/b28-17-/t31-/m1/s1. The number of furan rings is 1. The first kappa shape index (κ1) is 29.1. The molecule has 1 atom stereocenters. The lowest BCUT2D eigenvalue weighted by molar-refractivity contribution is -0.138. The van der Waals surface area contributed by atoms with Crippen LogP contribution in [0.3, 0.4) is 0 Å². The molecule has 0 amide bonds. The summed E-state index contributed by atoms with van der Waals surface area (Å²) in [5, 5.41) is 9.54. The third kappa shape index (κ3) is 5.00. The van der Waals surface area contributed by atoms with Crippen molar-refractivity contribution in [2.24, 2.45) is 4.99 Å². The van der Waals surface area contributed by atoms with Gasteiger partial charge in [-0.1, -0.05) is 59.9 Å². The zero-order valence-corrected chi connectivity index (χ0v) is 25.5. The van der Waals surface area contributed by atoms with E-state index in [9.17, 15) is 19.5 Å². The smallest absolute Gasteiger partial charge is 0.338 e. The molecule has 3 aromatic carbocycles. The highest BCUT2D eigenvalue weighted by Crippen LogP contribution is 2.40. The second kappa shape index (κ2) is 11.7. The Kier molecular flexibility index (Phi) is 7.37. The molecule has 4 heterocycles. The van der Waals surface area contributed by atoms with Gasteiger partial charge < -0.3 is 23.7 Å². The summed E-state index contributed by atoms with van der Waals surface area (Å²) in [6, 6.07) is 22.2. The van der Waals surface area contributed by atoms with Crippen LogP contribution in [0.2, 0.25) is 0 Å². The number of hydrogen-bond donors (Lipinski definition) is 1. The number of benzene rings is 3. The molecular formula is C35H26N2O8S. The van der Waals surface area contributed by atoms with Crippen LogP contribution in [-0.2, 0) is 9.53 Å². The Bertz CT molecular complexity index is 2240. The van der Waals surface area contributed by atoms with Crippen molar-refractivity contribution in [3.05, 3.63) is 132 Å². The first-order chi connectivity index (χ1) is 22.3. The van der Waals surface area contributed by atoms with Crippen LogP contribution in [0.4, 0.5) is 0 Å². The molecule has 0 aliphatic carbocycles. The molecule has 2 aromatic heterocycles. The lowest BCUT2D eigenvalue weighted by atomic mass is 9.93. The van der Waals surface area contributed by atoms with Crippen molar-refractivity contribution in [1.29, 1.82) is 0 Å². The van der Waals surface area contributed by atoms with E-state index in [2.05, 4.69) is 0 Å². The first-order valence-corrected chi connectivity index (χ1v) is 15.3. The molecule has 0 saturated carbocycles. The van der Waals surface area contributed by atoms with E-state index < -0.39 is 18.0 Å². The topological polar surface area (TPSA) is 130 Å². The summed E-state index contributed by atoms with van der Waals surface area (Å²) >= 11 is 1.17. The maximum Gasteiger partial charge on any atom is 0.338 e. The number of carboxylic acids is 1. The van der Waals surface area contributed by atoms with Gasteiger partial charge in [0.15, 0.2) is 16.3 Å². The molecule has 11 heteroatoms. The summed E-state index contributed by atoms with van der Waals surface area (Å²) < 4.78 is 24.6. The highest BCUT2D eigenvalue weighted by atomic mass is 32.1. The number of esters is 1. The number of hydrogen-bond acceptors (Lipinski definition) is 9. The van der Waals surface area contributed by atoms with Gasteiger partial charge in [0.2, 0.25) is 6.79 Å². The van der Waals surface area contributed by atoms with Gasteiger partial charge in [-0.05, 0) is 55.3 Å². The van der Waals surface area contributed by atoms with Crippen LogP contribution in [0.25, 0.3) is 23.1 Å². The van der Waals surface area contributed by atoms with Crippen LogP contribution in [0.1, 0.15) is 45.8 Å². The third-order valence-corrected chi connectivity index (χ3v) is 8.80. The van der Waals surface area contributed by atoms with Gasteiger partial charge in [0.05, 0.1) is 34.0 Å². The average molecular weight is 635 g/mol. The molecular weight excluding hydrogens is 608 g/mol. The van der Waals surface area contributed by atoms with Gasteiger partial charge in [0.1, 0.15) is 11.5 Å². The molecule has 0 bridgehead atoms. The molecule has 0 saturated heterocycles. The molecule has 2 aliphatic heterocycles. The zero-order valence-electron chi connectivity index (χ0n) is 24.7. The molecule has 1 N–H and O–H groups in total. The Morgan fingerprint density at radius 2 is 1.85 bits per heavy atom. The van der Waals surface area contributed by atoms with Crippen LogP contribution in [0, 0.1) is 6.92 Å². The van der Waals surface area contributed by atoms with Crippen molar-refractivity contribution in [1.82, 2.24) is 4.57 Å². The van der Waals surface area contributed by atoms with Crippen molar-refractivity contribution in [3.63, 3.8) is 0 Å². The van der Waals surface area contributed by atoms with Crippen molar-refractivity contribution >= 4 is 35.0 Å². The summed E-state index contributed by atoms with van der Waals surface area (Å²) in [5.74, 6) is 0.324. The van der Waals surface area contributed by atoms with Gasteiger partial charge in [-0.3, -0.25) is 9.36 Å². The number of aromatic nitrogens is 1. The summed E-state index contributed by atoms with van der Waals surface area (Å²) in [6.45, 7) is 3.66. The minimum Gasteiger partial charge on any atom is -0.478 e. The number of rotatable bonds is 7. The number of nitrogens with zero attached hydrogens (tertiary/aromatic N) is 2. The normalized spacial score (nSPS) is 15.4. The van der Waals surface area contributed by atoms with Crippen molar-refractivity contribution in [2.75, 3.05) is 13.4 Å². The molecule has 46 heavy (non-hydrogen) atoms. The fourth-order valence-electron chi connectivity index (χ4n) is 5.68. The predicted molar refractivity (Wildman–Crippen MR) is 169 cm³/mol. The quantitative estimate of drug-likeness (QED) is 0.250. The molecule has 7 rings (SSSR count). The molecule has 0 fully saturated rings. The average Bonchev–Trinajstić information content (AvgIpc) is 3.80. The maximum atomic E-state index is 14.2. The Morgan fingerprint density at radius 3 is 2.63 bits per heavy atom. The molecule has 0 spiro atoms. The number of aromatic carboxylic acids is 1. The summed E-state index contributed by atoms with van der Waals surface area (Å²) in [7, 11) is 0. The number of ether oxygens (including phenoxy) is 3. The molecule has 230 valence electrons. The fraction of sp³-hybridized carbons (Fsp3) is 0.143. The van der Waals surface area contributed by atoms with E-state index in [0.29, 0.717) is 60.3 Å². The van der Waals surface area contributed by atoms with Gasteiger partial charge in [0, 0.05) is 17.2 Å². The summed E-state index contributed by atoms with van der Waals surface area (Å²) in [6.07, 6.45) is 1.62. The Balaban J connectivity index is 1.42. The van der Waals surface area contributed by atoms with Gasteiger partial charge in [0.25, 0.3) is 5.56 Å². The van der Waals surface area contributed by atoms with E-state index in [4.69, 9.17) is 23.6 Å². The minimum absolute atomic E-state index is 0.0721. The van der Waals surface area contributed by atoms with E-state index >= 15 is 0 Å². The number of thiazole rings is 1. The molecule has 0 unspecified atom stereocenters. The highest BCUT2D eigenvalue weighted by molar-refractivity contribution is 7.07. The van der Waals surface area contributed by atoms with Crippen LogP contribution < -0.4 is 24.4 Å². The molecule has 2 aliphatic rings. The van der Waals surface area contributed by atoms with Crippen LogP contribution in [-0.4, -0.2) is 35.0 Å². The van der Waals surface area contributed by atoms with Crippen molar-refractivity contribution in [3.8, 4) is 22.8 Å². The first-order valence-electron chi connectivity index (χ1n) is 14.4. The second-order valence-corrected chi connectivity index (χ2v) is 11.5. The number of fused-ring (bicyclic) bond motifs is 2. The van der Waals surface area contributed by atoms with Crippen molar-refractivity contribution < 1.29 is 33.3 Å². The Morgan fingerprint density at radius 1 is 1.04 bits per heavy atom. The third-order valence-electron chi connectivity index (χ3n) is 7.82. The summed E-state index contributed by atoms with van der Waals surface area (Å²) in [4.78, 5) is 44.8. The van der Waals surface area contributed by atoms with Crippen molar-refractivity contribution in [2.45, 2.75) is 19.9 Å². The molecule has 5 aromatic rings. The van der Waals surface area contributed by atoms with E-state index in [1.54, 1.807) is 62.4 Å². The lowest BCUT2D eigenvalue weighted by Gasteiger charge is -2.26. The molecule has 10 nitrogen and oxygen atoms in total. The monoisotopic (exact) mass is 634 g/mol. The zero-order chi connectivity index (χ0) is 31.9. The number of carbonyl (C=O) groups excluding carboxylic acids is 1. The second-order valence-electron chi connectivity index (χ2n) is 10.5. The highest BCUT2D eigenvalue weighted by Gasteiger charge is 2.36. The van der Waals surface area contributed by atoms with Gasteiger partial charge in [-0.25, -0.2) is 14.6 Å². The van der Waals surface area contributed by atoms with E-state index in [1.165, 1.54) is 22.0 Å². The summed E-state index contributed by atoms with van der Waals surface area (Å²) in [5.41, 5.74) is 2.96. The SMILES string of the molecule is CCOC(=O)C1=C(c2ccccc2)N=c2s/c(=C\c3ccc(-c4cccc(C(=O)O)c4C)o3)c(=O)n2[C@@H]1c1ccc2c(c1)OCO2. The van der Waals surface area contributed by atoms with E-state index in [0.717, 1.165) is 0 Å².